The Kier molecular flexibility index (Phi) is 4.10. The van der Waals surface area contributed by atoms with Crippen molar-refractivity contribution in [3.05, 3.63) is 29.1 Å². The molecule has 3 N–H and O–H groups in total. The molecule has 7 heteroatoms. The van der Waals surface area contributed by atoms with Crippen molar-refractivity contribution in [1.82, 2.24) is 5.32 Å². The Morgan fingerprint density at radius 2 is 2.10 bits per heavy atom. The second-order valence-corrected chi connectivity index (χ2v) is 6.70. The van der Waals surface area contributed by atoms with Gasteiger partial charge in [0.2, 0.25) is 10.0 Å². The first-order valence-corrected chi connectivity index (χ1v) is 7.95. The van der Waals surface area contributed by atoms with Crippen molar-refractivity contribution in [2.45, 2.75) is 31.1 Å². The lowest BCUT2D eigenvalue weighted by atomic mass is 10.1. The van der Waals surface area contributed by atoms with E-state index in [4.69, 9.17) is 5.14 Å². The van der Waals surface area contributed by atoms with E-state index < -0.39 is 21.7 Å². The molecule has 1 aliphatic rings. The molecule has 0 unspecified atom stereocenters. The summed E-state index contributed by atoms with van der Waals surface area (Å²) in [6.07, 6.45) is 3.20. The number of hydrogen-bond donors (Lipinski definition) is 2. The minimum atomic E-state index is -3.97. The van der Waals surface area contributed by atoms with E-state index in [1.54, 1.807) is 0 Å². The van der Waals surface area contributed by atoms with E-state index in [2.05, 4.69) is 5.32 Å². The van der Waals surface area contributed by atoms with E-state index in [1.807, 2.05) is 0 Å². The summed E-state index contributed by atoms with van der Waals surface area (Å²) in [5.74, 6) is -0.685. The zero-order valence-corrected chi connectivity index (χ0v) is 12.0. The van der Waals surface area contributed by atoms with Crippen LogP contribution in [-0.4, -0.2) is 20.9 Å². The number of nitrogens with two attached hydrogens (primary N) is 1. The molecule has 2 rings (SSSR count). The molecule has 0 bridgehead atoms. The van der Waals surface area contributed by atoms with Gasteiger partial charge in [-0.3, -0.25) is 4.79 Å². The van der Waals surface area contributed by atoms with E-state index in [0.717, 1.165) is 18.6 Å². The first-order valence-electron chi connectivity index (χ1n) is 6.40. The highest BCUT2D eigenvalue weighted by Crippen LogP contribution is 2.31. The second kappa shape index (κ2) is 5.49. The third kappa shape index (κ3) is 3.55. The van der Waals surface area contributed by atoms with Crippen molar-refractivity contribution in [2.24, 2.45) is 11.1 Å². The normalized spacial score (nSPS) is 15.2. The molecule has 0 radical (unpaired) electrons. The van der Waals surface area contributed by atoms with Gasteiger partial charge >= 0.3 is 0 Å². The number of hydrogen-bond acceptors (Lipinski definition) is 3. The van der Waals surface area contributed by atoms with Crippen molar-refractivity contribution >= 4 is 15.9 Å². The molecule has 1 aromatic rings. The number of sulfonamides is 1. The van der Waals surface area contributed by atoms with Crippen LogP contribution in [0, 0.1) is 18.7 Å². The minimum Gasteiger partial charge on any atom is -0.352 e. The molecule has 0 aromatic heterocycles. The van der Waals surface area contributed by atoms with Gasteiger partial charge in [0.15, 0.2) is 0 Å². The van der Waals surface area contributed by atoms with E-state index in [0.29, 0.717) is 12.5 Å². The second-order valence-electron chi connectivity index (χ2n) is 5.13. The third-order valence-corrected chi connectivity index (χ3v) is 4.23. The topological polar surface area (TPSA) is 89.3 Å². The number of nitrogens with one attached hydrogen (secondary N) is 1. The number of rotatable bonds is 5. The Morgan fingerprint density at radius 3 is 2.65 bits per heavy atom. The summed E-state index contributed by atoms with van der Waals surface area (Å²) in [4.78, 5) is 11.7. The summed E-state index contributed by atoms with van der Waals surface area (Å²) >= 11 is 0. The van der Waals surface area contributed by atoms with Crippen LogP contribution >= 0.6 is 0 Å². The number of aryl methyl sites for hydroxylation is 1. The standard InChI is InChI=1S/C13H17FN2O3S/c1-8-6-10(20(15,18)19)7-11(12(8)14)13(17)16-5-4-9-2-3-9/h6-7,9H,2-5H2,1H3,(H,16,17)(H2,15,18,19). The number of primary sulfonamides is 1. The lowest BCUT2D eigenvalue weighted by Gasteiger charge is -2.09. The highest BCUT2D eigenvalue weighted by atomic mass is 32.2. The van der Waals surface area contributed by atoms with Crippen molar-refractivity contribution in [2.75, 3.05) is 6.54 Å². The van der Waals surface area contributed by atoms with Gasteiger partial charge in [0.25, 0.3) is 5.91 Å². The molecule has 5 nitrogen and oxygen atoms in total. The van der Waals surface area contributed by atoms with E-state index in [-0.39, 0.29) is 16.0 Å². The van der Waals surface area contributed by atoms with Crippen molar-refractivity contribution in [3.8, 4) is 0 Å². The number of benzene rings is 1. The van der Waals surface area contributed by atoms with Crippen molar-refractivity contribution in [3.63, 3.8) is 0 Å². The zero-order chi connectivity index (χ0) is 14.9. The fraction of sp³-hybridized carbons (Fsp3) is 0.462. The minimum absolute atomic E-state index is 0.0730. The molecule has 1 aromatic carbocycles. The van der Waals surface area contributed by atoms with Crippen molar-refractivity contribution in [1.29, 1.82) is 0 Å². The fourth-order valence-corrected chi connectivity index (χ4v) is 2.58. The Labute approximate surface area is 117 Å². The maximum absolute atomic E-state index is 13.9. The van der Waals surface area contributed by atoms with Gasteiger partial charge in [-0.2, -0.15) is 0 Å². The summed E-state index contributed by atoms with van der Waals surface area (Å²) in [5.41, 5.74) is -0.214. The van der Waals surface area contributed by atoms with Crippen LogP contribution < -0.4 is 10.5 Å². The van der Waals surface area contributed by atoms with Gasteiger partial charge in [0, 0.05) is 6.54 Å². The SMILES string of the molecule is Cc1cc(S(N)(=O)=O)cc(C(=O)NCCC2CC2)c1F. The van der Waals surface area contributed by atoms with E-state index >= 15 is 0 Å². The predicted octanol–water partition coefficient (Wildman–Crippen LogP) is 1.31. The maximum Gasteiger partial charge on any atom is 0.254 e. The summed E-state index contributed by atoms with van der Waals surface area (Å²) in [6.45, 7) is 1.85. The number of amides is 1. The fourth-order valence-electron chi connectivity index (χ4n) is 1.96. The van der Waals surface area contributed by atoms with Crippen LogP contribution in [-0.2, 0) is 10.0 Å². The van der Waals surface area contributed by atoms with Gasteiger partial charge in [-0.05, 0) is 37.0 Å². The molecule has 0 saturated heterocycles. The smallest absolute Gasteiger partial charge is 0.254 e. The Morgan fingerprint density at radius 1 is 1.45 bits per heavy atom. The Hall–Kier alpha value is -1.47. The summed E-state index contributed by atoms with van der Waals surface area (Å²) in [5, 5.41) is 7.61. The quantitative estimate of drug-likeness (QED) is 0.859. The average molecular weight is 300 g/mol. The van der Waals surface area contributed by atoms with E-state index in [1.165, 1.54) is 19.8 Å². The molecule has 1 saturated carbocycles. The van der Waals surface area contributed by atoms with Crippen LogP contribution in [0.15, 0.2) is 17.0 Å². The summed E-state index contributed by atoms with van der Waals surface area (Å²) in [6, 6.07) is 2.09. The first-order chi connectivity index (χ1) is 9.29. The van der Waals surface area contributed by atoms with Gasteiger partial charge in [-0.1, -0.05) is 12.8 Å². The molecular weight excluding hydrogens is 283 g/mol. The highest BCUT2D eigenvalue weighted by Gasteiger charge is 2.22. The third-order valence-electron chi connectivity index (χ3n) is 3.34. The molecule has 0 atom stereocenters. The largest absolute Gasteiger partial charge is 0.352 e. The van der Waals surface area contributed by atoms with Gasteiger partial charge in [-0.25, -0.2) is 17.9 Å². The molecule has 1 aliphatic carbocycles. The van der Waals surface area contributed by atoms with Gasteiger partial charge in [-0.15, -0.1) is 0 Å². The molecule has 20 heavy (non-hydrogen) atoms. The van der Waals surface area contributed by atoms with Crippen LogP contribution in [0.1, 0.15) is 35.2 Å². The number of halogens is 1. The average Bonchev–Trinajstić information content (AvgIpc) is 3.15. The lowest BCUT2D eigenvalue weighted by Crippen LogP contribution is -2.26. The van der Waals surface area contributed by atoms with Crippen molar-refractivity contribution < 1.29 is 17.6 Å². The van der Waals surface area contributed by atoms with Gasteiger partial charge < -0.3 is 5.32 Å². The van der Waals surface area contributed by atoms with Crippen LogP contribution in [0.2, 0.25) is 0 Å². The van der Waals surface area contributed by atoms with Gasteiger partial charge in [0.05, 0.1) is 10.5 Å². The summed E-state index contributed by atoms with van der Waals surface area (Å²) < 4.78 is 36.5. The first kappa shape index (κ1) is 14.9. The molecule has 1 fully saturated rings. The monoisotopic (exact) mass is 300 g/mol. The van der Waals surface area contributed by atoms with Crippen LogP contribution in [0.25, 0.3) is 0 Å². The number of carbonyl (C=O) groups is 1. The van der Waals surface area contributed by atoms with Crippen LogP contribution in [0.4, 0.5) is 4.39 Å². The van der Waals surface area contributed by atoms with Gasteiger partial charge in [0.1, 0.15) is 5.82 Å². The molecule has 1 amide bonds. The lowest BCUT2D eigenvalue weighted by molar-refractivity contribution is 0.0948. The molecule has 110 valence electrons. The Balaban J connectivity index is 2.20. The molecule has 0 heterocycles. The van der Waals surface area contributed by atoms with Crippen LogP contribution in [0.5, 0.6) is 0 Å². The summed E-state index contributed by atoms with van der Waals surface area (Å²) in [7, 11) is -3.97. The highest BCUT2D eigenvalue weighted by molar-refractivity contribution is 7.89. The van der Waals surface area contributed by atoms with E-state index in [9.17, 15) is 17.6 Å². The maximum atomic E-state index is 13.9. The van der Waals surface area contributed by atoms with Crippen LogP contribution in [0.3, 0.4) is 0 Å². The number of carbonyl (C=O) groups excluding carboxylic acids is 1. The Bertz CT molecular complexity index is 639. The molecule has 0 aliphatic heterocycles. The predicted molar refractivity (Wildman–Crippen MR) is 72.2 cm³/mol. The molecule has 0 spiro atoms. The zero-order valence-electron chi connectivity index (χ0n) is 11.1. The molecular formula is C13H17FN2O3S.